The summed E-state index contributed by atoms with van der Waals surface area (Å²) in [6.45, 7) is 3.75. The topological polar surface area (TPSA) is 86.3 Å². The Morgan fingerprint density at radius 3 is 2.58 bits per heavy atom. The molecule has 132 valence electrons. The van der Waals surface area contributed by atoms with Crippen molar-refractivity contribution in [3.8, 4) is 0 Å². The summed E-state index contributed by atoms with van der Waals surface area (Å²) < 4.78 is 0. The third-order valence-corrected chi connectivity index (χ3v) is 4.05. The maximum Gasteiger partial charge on any atom is 0.259 e. The summed E-state index contributed by atoms with van der Waals surface area (Å²) in [6.07, 6.45) is 1.61. The number of nitrogens with one attached hydrogen (secondary N) is 3. The van der Waals surface area contributed by atoms with Crippen molar-refractivity contribution in [1.82, 2.24) is 15.7 Å². The van der Waals surface area contributed by atoms with E-state index in [-0.39, 0.29) is 18.4 Å². The van der Waals surface area contributed by atoms with Crippen molar-refractivity contribution in [3.05, 3.63) is 70.9 Å². The number of H-pyrrole nitrogens is 1. The van der Waals surface area contributed by atoms with Gasteiger partial charge in [0.05, 0.1) is 12.8 Å². The molecule has 0 atom stereocenters. The lowest BCUT2D eigenvalue weighted by molar-refractivity contribution is -0.120. The van der Waals surface area contributed by atoms with E-state index in [1.165, 1.54) is 0 Å². The molecular weight excluding hydrogens is 328 g/mol. The lowest BCUT2D eigenvalue weighted by Gasteiger charge is -2.04. The molecule has 1 aromatic heterocycles. The Hall–Kier alpha value is -3.41. The Balaban J connectivity index is 1.55. The highest BCUT2D eigenvalue weighted by molar-refractivity contribution is 6.01. The second-order valence-corrected chi connectivity index (χ2v) is 6.05. The standard InChI is InChI=1S/C20H20N4O2/c1-13-7-9-15(10-8-13)20(26)21-12-19(25)24-22-11-17-14(2)23-18-6-4-3-5-16(17)18/h3-11,23H,12H2,1-2H3,(H,21,26)(H,24,25)/b22-11+. The number of hydrogen-bond acceptors (Lipinski definition) is 3. The minimum atomic E-state index is -0.390. The molecule has 0 bridgehead atoms. The van der Waals surface area contributed by atoms with Crippen molar-refractivity contribution in [2.24, 2.45) is 5.10 Å². The van der Waals surface area contributed by atoms with Crippen molar-refractivity contribution in [3.63, 3.8) is 0 Å². The summed E-state index contributed by atoms with van der Waals surface area (Å²) in [4.78, 5) is 27.1. The third-order valence-electron chi connectivity index (χ3n) is 4.05. The van der Waals surface area contributed by atoms with E-state index in [1.807, 2.05) is 50.2 Å². The van der Waals surface area contributed by atoms with Crippen LogP contribution in [0.1, 0.15) is 27.2 Å². The van der Waals surface area contributed by atoms with Crippen LogP contribution in [0, 0.1) is 13.8 Å². The van der Waals surface area contributed by atoms with E-state index in [2.05, 4.69) is 20.8 Å². The van der Waals surface area contributed by atoms with Crippen LogP contribution in [0.2, 0.25) is 0 Å². The van der Waals surface area contributed by atoms with Crippen LogP contribution in [0.15, 0.2) is 53.6 Å². The second kappa shape index (κ2) is 7.65. The second-order valence-electron chi connectivity index (χ2n) is 6.05. The number of carbonyl (C=O) groups is 2. The third kappa shape index (κ3) is 3.97. The number of fused-ring (bicyclic) bond motifs is 1. The molecular formula is C20H20N4O2. The van der Waals surface area contributed by atoms with E-state index in [9.17, 15) is 9.59 Å². The molecule has 0 aliphatic rings. The zero-order valence-corrected chi connectivity index (χ0v) is 14.7. The molecule has 6 nitrogen and oxygen atoms in total. The predicted octanol–water partition coefficient (Wildman–Crippen LogP) is 2.66. The van der Waals surface area contributed by atoms with E-state index < -0.39 is 0 Å². The molecule has 26 heavy (non-hydrogen) atoms. The van der Waals surface area contributed by atoms with E-state index in [0.717, 1.165) is 27.7 Å². The number of aromatic amines is 1. The number of amides is 2. The number of nitrogens with zero attached hydrogens (tertiary/aromatic N) is 1. The van der Waals surface area contributed by atoms with Crippen molar-refractivity contribution >= 4 is 28.9 Å². The molecule has 3 N–H and O–H groups in total. The molecule has 3 aromatic rings. The van der Waals surface area contributed by atoms with Gasteiger partial charge >= 0.3 is 0 Å². The van der Waals surface area contributed by atoms with Crippen molar-refractivity contribution in [1.29, 1.82) is 0 Å². The monoisotopic (exact) mass is 348 g/mol. The zero-order valence-electron chi connectivity index (χ0n) is 14.7. The fraction of sp³-hybridized carbons (Fsp3) is 0.150. The van der Waals surface area contributed by atoms with Gasteiger partial charge in [-0.05, 0) is 32.0 Å². The molecule has 0 unspecified atom stereocenters. The van der Waals surface area contributed by atoms with E-state index in [1.54, 1.807) is 18.3 Å². The van der Waals surface area contributed by atoms with Gasteiger partial charge in [-0.2, -0.15) is 5.10 Å². The van der Waals surface area contributed by atoms with Gasteiger partial charge in [-0.3, -0.25) is 9.59 Å². The predicted molar refractivity (Wildman–Crippen MR) is 102 cm³/mol. The number of para-hydroxylation sites is 1. The molecule has 0 spiro atoms. The van der Waals surface area contributed by atoms with Crippen LogP contribution >= 0.6 is 0 Å². The number of rotatable bonds is 5. The number of carbonyl (C=O) groups excluding carboxylic acids is 2. The Labute approximate surface area is 151 Å². The molecule has 0 saturated carbocycles. The molecule has 3 rings (SSSR count). The van der Waals surface area contributed by atoms with Gasteiger partial charge in [0, 0.05) is 27.7 Å². The molecule has 0 aliphatic heterocycles. The highest BCUT2D eigenvalue weighted by atomic mass is 16.2. The van der Waals surface area contributed by atoms with Crippen LogP contribution < -0.4 is 10.7 Å². The van der Waals surface area contributed by atoms with Gasteiger partial charge in [-0.1, -0.05) is 35.9 Å². The van der Waals surface area contributed by atoms with Crippen LogP contribution in [0.25, 0.3) is 10.9 Å². The highest BCUT2D eigenvalue weighted by Crippen LogP contribution is 2.19. The molecule has 2 aromatic carbocycles. The number of benzene rings is 2. The fourth-order valence-corrected chi connectivity index (χ4v) is 2.64. The average Bonchev–Trinajstić information content (AvgIpc) is 2.96. The van der Waals surface area contributed by atoms with E-state index in [4.69, 9.17) is 0 Å². The van der Waals surface area contributed by atoms with Gasteiger partial charge < -0.3 is 10.3 Å². The number of aromatic nitrogens is 1. The average molecular weight is 348 g/mol. The smallest absolute Gasteiger partial charge is 0.259 e. The van der Waals surface area contributed by atoms with Gasteiger partial charge in [0.25, 0.3) is 11.8 Å². The minimum Gasteiger partial charge on any atom is -0.358 e. The molecule has 1 heterocycles. The minimum absolute atomic E-state index is 0.142. The maximum atomic E-state index is 12.0. The summed E-state index contributed by atoms with van der Waals surface area (Å²) in [5.41, 5.74) is 6.92. The van der Waals surface area contributed by atoms with Crippen LogP contribution in [-0.2, 0) is 4.79 Å². The lowest BCUT2D eigenvalue weighted by atomic mass is 10.1. The SMILES string of the molecule is Cc1ccc(C(=O)NCC(=O)N/N=C/c2c(C)[nH]c3ccccc23)cc1. The van der Waals surface area contributed by atoms with Crippen LogP contribution in [0.5, 0.6) is 0 Å². The van der Waals surface area contributed by atoms with Crippen molar-refractivity contribution < 1.29 is 9.59 Å². The Kier molecular flexibility index (Phi) is 5.12. The molecule has 0 fully saturated rings. The number of hydrogen-bond donors (Lipinski definition) is 3. The molecule has 2 amide bonds. The van der Waals surface area contributed by atoms with Gasteiger partial charge in [-0.25, -0.2) is 5.43 Å². The normalized spacial score (nSPS) is 11.0. The summed E-state index contributed by atoms with van der Waals surface area (Å²) in [7, 11) is 0. The molecule has 6 heteroatoms. The zero-order chi connectivity index (χ0) is 18.5. The van der Waals surface area contributed by atoms with Gasteiger partial charge in [-0.15, -0.1) is 0 Å². The summed E-state index contributed by atoms with van der Waals surface area (Å²) in [5, 5.41) is 7.60. The van der Waals surface area contributed by atoms with Gasteiger partial charge in [0.15, 0.2) is 0 Å². The van der Waals surface area contributed by atoms with Gasteiger partial charge in [0.1, 0.15) is 0 Å². The van der Waals surface area contributed by atoms with Gasteiger partial charge in [0.2, 0.25) is 0 Å². The van der Waals surface area contributed by atoms with Crippen molar-refractivity contribution in [2.45, 2.75) is 13.8 Å². The highest BCUT2D eigenvalue weighted by Gasteiger charge is 2.08. The fourth-order valence-electron chi connectivity index (χ4n) is 2.64. The van der Waals surface area contributed by atoms with E-state index in [0.29, 0.717) is 5.56 Å². The first-order chi connectivity index (χ1) is 12.5. The lowest BCUT2D eigenvalue weighted by Crippen LogP contribution is -2.34. The largest absolute Gasteiger partial charge is 0.358 e. The number of hydrazone groups is 1. The van der Waals surface area contributed by atoms with Crippen LogP contribution in [0.3, 0.4) is 0 Å². The van der Waals surface area contributed by atoms with E-state index >= 15 is 0 Å². The first-order valence-electron chi connectivity index (χ1n) is 8.28. The molecule has 0 aliphatic carbocycles. The Bertz CT molecular complexity index is 971. The number of aryl methyl sites for hydroxylation is 2. The summed E-state index contributed by atoms with van der Waals surface area (Å²) in [5.74, 6) is -0.684. The van der Waals surface area contributed by atoms with Crippen molar-refractivity contribution in [2.75, 3.05) is 6.54 Å². The summed E-state index contributed by atoms with van der Waals surface area (Å²) in [6, 6.07) is 15.0. The quantitative estimate of drug-likeness (QED) is 0.489. The Morgan fingerprint density at radius 1 is 1.08 bits per heavy atom. The first-order valence-corrected chi connectivity index (χ1v) is 8.28. The van der Waals surface area contributed by atoms with Crippen LogP contribution in [-0.4, -0.2) is 29.6 Å². The maximum absolute atomic E-state index is 12.0. The molecule has 0 radical (unpaired) electrons. The Morgan fingerprint density at radius 2 is 1.81 bits per heavy atom. The summed E-state index contributed by atoms with van der Waals surface area (Å²) >= 11 is 0. The first kappa shape index (κ1) is 17.4. The van der Waals surface area contributed by atoms with Crippen LogP contribution in [0.4, 0.5) is 0 Å². The molecule has 0 saturated heterocycles.